The van der Waals surface area contributed by atoms with Gasteiger partial charge in [-0.05, 0) is 37.3 Å². The standard InChI is InChI=1S/C16H15NO/c1-11-7-8-14-12(9-11)10-15(17-14)13-5-3-4-6-16(13)18-2/h3-10,17H,1-2H3. The third-order valence-electron chi connectivity index (χ3n) is 3.17. The number of aromatic amines is 1. The molecule has 3 rings (SSSR count). The summed E-state index contributed by atoms with van der Waals surface area (Å²) in [5.41, 5.74) is 4.61. The van der Waals surface area contributed by atoms with Gasteiger partial charge in [0, 0.05) is 16.5 Å². The molecule has 0 aliphatic rings. The first-order valence-electron chi connectivity index (χ1n) is 6.01. The minimum Gasteiger partial charge on any atom is -0.496 e. The lowest BCUT2D eigenvalue weighted by Gasteiger charge is -2.05. The first-order chi connectivity index (χ1) is 8.78. The molecular formula is C16H15NO. The summed E-state index contributed by atoms with van der Waals surface area (Å²) in [6.07, 6.45) is 0. The van der Waals surface area contributed by atoms with Crippen molar-refractivity contribution in [3.05, 3.63) is 54.1 Å². The number of methoxy groups -OCH3 is 1. The molecule has 0 radical (unpaired) electrons. The highest BCUT2D eigenvalue weighted by Crippen LogP contribution is 2.31. The van der Waals surface area contributed by atoms with Gasteiger partial charge < -0.3 is 9.72 Å². The van der Waals surface area contributed by atoms with Gasteiger partial charge in [0.2, 0.25) is 0 Å². The highest BCUT2D eigenvalue weighted by atomic mass is 16.5. The molecular weight excluding hydrogens is 222 g/mol. The molecule has 0 fully saturated rings. The van der Waals surface area contributed by atoms with Gasteiger partial charge in [-0.2, -0.15) is 0 Å². The summed E-state index contributed by atoms with van der Waals surface area (Å²) in [4.78, 5) is 3.43. The Balaban J connectivity index is 2.19. The zero-order valence-electron chi connectivity index (χ0n) is 10.5. The van der Waals surface area contributed by atoms with E-state index in [0.29, 0.717) is 0 Å². The Kier molecular flexibility index (Phi) is 2.56. The van der Waals surface area contributed by atoms with Crippen LogP contribution in [0.5, 0.6) is 5.75 Å². The molecule has 18 heavy (non-hydrogen) atoms. The maximum atomic E-state index is 5.40. The van der Waals surface area contributed by atoms with E-state index in [9.17, 15) is 0 Å². The maximum absolute atomic E-state index is 5.40. The molecule has 0 bridgehead atoms. The number of benzene rings is 2. The van der Waals surface area contributed by atoms with Crippen molar-refractivity contribution in [1.29, 1.82) is 0 Å². The Morgan fingerprint density at radius 3 is 2.67 bits per heavy atom. The van der Waals surface area contributed by atoms with Crippen LogP contribution in [0.1, 0.15) is 5.56 Å². The third kappa shape index (κ3) is 1.76. The van der Waals surface area contributed by atoms with Crippen molar-refractivity contribution in [2.24, 2.45) is 0 Å². The molecule has 2 nitrogen and oxygen atoms in total. The highest BCUT2D eigenvalue weighted by Gasteiger charge is 2.07. The third-order valence-corrected chi connectivity index (χ3v) is 3.17. The van der Waals surface area contributed by atoms with Crippen LogP contribution < -0.4 is 4.74 Å². The fourth-order valence-corrected chi connectivity index (χ4v) is 2.26. The summed E-state index contributed by atoms with van der Waals surface area (Å²) >= 11 is 0. The molecule has 2 aromatic carbocycles. The van der Waals surface area contributed by atoms with E-state index in [1.807, 2.05) is 18.2 Å². The van der Waals surface area contributed by atoms with Gasteiger partial charge in [-0.25, -0.2) is 0 Å². The van der Waals surface area contributed by atoms with Crippen LogP contribution in [0.2, 0.25) is 0 Å². The maximum Gasteiger partial charge on any atom is 0.128 e. The minimum atomic E-state index is 0.890. The number of ether oxygens (including phenoxy) is 1. The first kappa shape index (κ1) is 10.9. The highest BCUT2D eigenvalue weighted by molar-refractivity contribution is 5.87. The number of para-hydroxylation sites is 1. The van der Waals surface area contributed by atoms with Crippen LogP contribution in [0.15, 0.2) is 48.5 Å². The Bertz CT molecular complexity index is 697. The zero-order valence-corrected chi connectivity index (χ0v) is 10.5. The predicted molar refractivity (Wildman–Crippen MR) is 75.0 cm³/mol. The fraction of sp³-hybridized carbons (Fsp3) is 0.125. The van der Waals surface area contributed by atoms with Gasteiger partial charge in [-0.3, -0.25) is 0 Å². The molecule has 0 spiro atoms. The fourth-order valence-electron chi connectivity index (χ4n) is 2.26. The topological polar surface area (TPSA) is 25.0 Å². The summed E-state index contributed by atoms with van der Waals surface area (Å²) in [6.45, 7) is 2.11. The van der Waals surface area contributed by atoms with Gasteiger partial charge in [-0.1, -0.05) is 23.8 Å². The number of fused-ring (bicyclic) bond motifs is 1. The first-order valence-corrected chi connectivity index (χ1v) is 6.01. The van der Waals surface area contributed by atoms with Gasteiger partial charge in [0.05, 0.1) is 12.8 Å². The molecule has 1 N–H and O–H groups in total. The van der Waals surface area contributed by atoms with Gasteiger partial charge in [0.25, 0.3) is 0 Å². The zero-order chi connectivity index (χ0) is 12.5. The molecule has 0 amide bonds. The lowest BCUT2D eigenvalue weighted by molar-refractivity contribution is 0.416. The monoisotopic (exact) mass is 237 g/mol. The van der Waals surface area contributed by atoms with Crippen molar-refractivity contribution in [3.8, 4) is 17.0 Å². The number of aromatic nitrogens is 1. The van der Waals surface area contributed by atoms with E-state index in [-0.39, 0.29) is 0 Å². The molecule has 0 saturated carbocycles. The van der Waals surface area contributed by atoms with Crippen LogP contribution >= 0.6 is 0 Å². The lowest BCUT2D eigenvalue weighted by atomic mass is 10.1. The van der Waals surface area contributed by atoms with Gasteiger partial charge in [-0.15, -0.1) is 0 Å². The van der Waals surface area contributed by atoms with Crippen molar-refractivity contribution in [1.82, 2.24) is 4.98 Å². The van der Waals surface area contributed by atoms with Crippen molar-refractivity contribution in [3.63, 3.8) is 0 Å². The Morgan fingerprint density at radius 1 is 1.00 bits per heavy atom. The van der Waals surface area contributed by atoms with Crippen molar-refractivity contribution < 1.29 is 4.74 Å². The average Bonchev–Trinajstić information content (AvgIpc) is 2.81. The van der Waals surface area contributed by atoms with E-state index in [1.54, 1.807) is 7.11 Å². The number of nitrogens with one attached hydrogen (secondary N) is 1. The number of hydrogen-bond acceptors (Lipinski definition) is 1. The number of hydrogen-bond donors (Lipinski definition) is 1. The minimum absolute atomic E-state index is 0.890. The van der Waals surface area contributed by atoms with Crippen molar-refractivity contribution >= 4 is 10.9 Å². The van der Waals surface area contributed by atoms with E-state index in [4.69, 9.17) is 4.74 Å². The summed E-state index contributed by atoms with van der Waals surface area (Å²) in [6, 6.07) is 16.6. The summed E-state index contributed by atoms with van der Waals surface area (Å²) < 4.78 is 5.40. The molecule has 0 aliphatic heterocycles. The summed E-state index contributed by atoms with van der Waals surface area (Å²) in [7, 11) is 1.70. The quantitative estimate of drug-likeness (QED) is 0.711. The van der Waals surface area contributed by atoms with E-state index in [1.165, 1.54) is 10.9 Å². The van der Waals surface area contributed by atoms with Gasteiger partial charge in [0.15, 0.2) is 0 Å². The second kappa shape index (κ2) is 4.22. The van der Waals surface area contributed by atoms with E-state index >= 15 is 0 Å². The normalized spacial score (nSPS) is 10.8. The molecule has 1 heterocycles. The Labute approximate surface area is 106 Å². The van der Waals surface area contributed by atoms with Crippen LogP contribution in [-0.4, -0.2) is 12.1 Å². The SMILES string of the molecule is COc1ccccc1-c1cc2cc(C)ccc2[nH]1. The number of rotatable bonds is 2. The molecule has 0 unspecified atom stereocenters. The molecule has 90 valence electrons. The average molecular weight is 237 g/mol. The van der Waals surface area contributed by atoms with E-state index < -0.39 is 0 Å². The van der Waals surface area contributed by atoms with Crippen molar-refractivity contribution in [2.75, 3.05) is 7.11 Å². The second-order valence-electron chi connectivity index (χ2n) is 4.47. The van der Waals surface area contributed by atoms with Crippen LogP contribution in [0, 0.1) is 6.92 Å². The Morgan fingerprint density at radius 2 is 1.83 bits per heavy atom. The molecule has 2 heteroatoms. The number of H-pyrrole nitrogens is 1. The second-order valence-corrected chi connectivity index (χ2v) is 4.47. The van der Waals surface area contributed by atoms with Crippen LogP contribution in [0.3, 0.4) is 0 Å². The molecule has 0 aliphatic carbocycles. The smallest absolute Gasteiger partial charge is 0.128 e. The van der Waals surface area contributed by atoms with E-state index in [2.05, 4.69) is 42.2 Å². The molecule has 1 aromatic heterocycles. The largest absolute Gasteiger partial charge is 0.496 e. The summed E-state index contributed by atoms with van der Waals surface area (Å²) in [5.74, 6) is 0.890. The Hall–Kier alpha value is -2.22. The predicted octanol–water partition coefficient (Wildman–Crippen LogP) is 4.15. The number of aryl methyl sites for hydroxylation is 1. The van der Waals surface area contributed by atoms with Crippen LogP contribution in [0.25, 0.3) is 22.2 Å². The molecule has 0 atom stereocenters. The lowest BCUT2D eigenvalue weighted by Crippen LogP contribution is -1.86. The molecule has 0 saturated heterocycles. The van der Waals surface area contributed by atoms with E-state index in [0.717, 1.165) is 22.5 Å². The molecule has 3 aromatic rings. The van der Waals surface area contributed by atoms with Crippen LogP contribution in [-0.2, 0) is 0 Å². The van der Waals surface area contributed by atoms with Crippen molar-refractivity contribution in [2.45, 2.75) is 6.92 Å². The van der Waals surface area contributed by atoms with Crippen LogP contribution in [0.4, 0.5) is 0 Å². The summed E-state index contributed by atoms with van der Waals surface area (Å²) in [5, 5.41) is 1.23. The van der Waals surface area contributed by atoms with Gasteiger partial charge >= 0.3 is 0 Å². The van der Waals surface area contributed by atoms with Gasteiger partial charge in [0.1, 0.15) is 5.75 Å².